The van der Waals surface area contributed by atoms with Crippen LogP contribution in [0.5, 0.6) is 11.5 Å². The second-order valence-electron chi connectivity index (χ2n) is 3.75. The first-order valence-corrected chi connectivity index (χ1v) is 5.56. The van der Waals surface area contributed by atoms with Crippen molar-refractivity contribution in [2.75, 3.05) is 13.7 Å². The van der Waals surface area contributed by atoms with E-state index in [0.717, 1.165) is 0 Å². The number of hydrogen-bond acceptors (Lipinski definition) is 4. The number of ether oxygens (including phenoxy) is 2. The molecule has 18 heavy (non-hydrogen) atoms. The standard InChI is InChI=1S/C12H15N3O3/c1-14-9-13-15(12(14)16)7-8-18-11-6-4-3-5-10(11)17-2/h3-6,9H,7-8H2,1-2H3. The highest BCUT2D eigenvalue weighted by Gasteiger charge is 2.04. The summed E-state index contributed by atoms with van der Waals surface area (Å²) < 4.78 is 13.5. The Hall–Kier alpha value is -2.24. The molecule has 0 amide bonds. The summed E-state index contributed by atoms with van der Waals surface area (Å²) in [6.07, 6.45) is 1.48. The number of methoxy groups -OCH3 is 1. The van der Waals surface area contributed by atoms with Crippen LogP contribution in [0.4, 0.5) is 0 Å². The van der Waals surface area contributed by atoms with Gasteiger partial charge in [0.2, 0.25) is 0 Å². The Morgan fingerprint density at radius 2 is 2.00 bits per heavy atom. The van der Waals surface area contributed by atoms with Crippen LogP contribution in [0.3, 0.4) is 0 Å². The van der Waals surface area contributed by atoms with Crippen LogP contribution in [0, 0.1) is 0 Å². The normalized spacial score (nSPS) is 10.3. The maximum atomic E-state index is 11.5. The van der Waals surface area contributed by atoms with Gasteiger partial charge in [0, 0.05) is 7.05 Å². The maximum Gasteiger partial charge on any atom is 0.345 e. The molecule has 1 aromatic heterocycles. The van der Waals surface area contributed by atoms with Crippen LogP contribution in [0.15, 0.2) is 35.4 Å². The van der Waals surface area contributed by atoms with Gasteiger partial charge in [-0.15, -0.1) is 0 Å². The van der Waals surface area contributed by atoms with E-state index in [4.69, 9.17) is 9.47 Å². The van der Waals surface area contributed by atoms with Gasteiger partial charge < -0.3 is 9.47 Å². The third kappa shape index (κ3) is 2.53. The lowest BCUT2D eigenvalue weighted by atomic mass is 10.3. The van der Waals surface area contributed by atoms with Crippen molar-refractivity contribution in [3.8, 4) is 11.5 Å². The second kappa shape index (κ2) is 5.39. The van der Waals surface area contributed by atoms with Crippen molar-refractivity contribution in [1.82, 2.24) is 14.3 Å². The molecule has 0 aliphatic heterocycles. The molecule has 0 spiro atoms. The van der Waals surface area contributed by atoms with E-state index in [-0.39, 0.29) is 5.69 Å². The second-order valence-corrected chi connectivity index (χ2v) is 3.75. The lowest BCUT2D eigenvalue weighted by Gasteiger charge is -2.09. The number of aromatic nitrogens is 3. The highest BCUT2D eigenvalue weighted by atomic mass is 16.5. The quantitative estimate of drug-likeness (QED) is 0.781. The number of para-hydroxylation sites is 2. The van der Waals surface area contributed by atoms with Crippen molar-refractivity contribution in [1.29, 1.82) is 0 Å². The number of aryl methyl sites for hydroxylation is 1. The van der Waals surface area contributed by atoms with Crippen LogP contribution in [0.1, 0.15) is 0 Å². The predicted octanol–water partition coefficient (Wildman–Crippen LogP) is 0.669. The molecule has 1 aromatic carbocycles. The van der Waals surface area contributed by atoms with Crippen LogP contribution in [0.25, 0.3) is 0 Å². The lowest BCUT2D eigenvalue weighted by molar-refractivity contribution is 0.272. The van der Waals surface area contributed by atoms with Gasteiger partial charge in [0.1, 0.15) is 12.9 Å². The Labute approximate surface area is 104 Å². The average molecular weight is 249 g/mol. The van der Waals surface area contributed by atoms with E-state index in [1.165, 1.54) is 15.6 Å². The summed E-state index contributed by atoms with van der Waals surface area (Å²) in [5, 5.41) is 3.94. The number of rotatable bonds is 5. The third-order valence-corrected chi connectivity index (χ3v) is 2.52. The minimum absolute atomic E-state index is 0.154. The molecule has 0 saturated carbocycles. The molecule has 1 heterocycles. The van der Waals surface area contributed by atoms with Gasteiger partial charge in [0.15, 0.2) is 11.5 Å². The Kier molecular flexibility index (Phi) is 3.66. The Bertz CT molecular complexity index is 574. The van der Waals surface area contributed by atoms with Gasteiger partial charge in [-0.25, -0.2) is 9.48 Å². The number of benzene rings is 1. The first-order valence-electron chi connectivity index (χ1n) is 5.56. The summed E-state index contributed by atoms with van der Waals surface area (Å²) in [5.41, 5.74) is -0.154. The molecular weight excluding hydrogens is 234 g/mol. The number of hydrogen-bond donors (Lipinski definition) is 0. The summed E-state index contributed by atoms with van der Waals surface area (Å²) in [6, 6.07) is 7.38. The molecule has 0 radical (unpaired) electrons. The van der Waals surface area contributed by atoms with Crippen molar-refractivity contribution in [2.45, 2.75) is 6.54 Å². The van der Waals surface area contributed by atoms with Crippen LogP contribution >= 0.6 is 0 Å². The topological polar surface area (TPSA) is 58.3 Å². The average Bonchev–Trinajstić information content (AvgIpc) is 2.71. The summed E-state index contributed by atoms with van der Waals surface area (Å²) in [4.78, 5) is 11.5. The first kappa shape index (κ1) is 12.2. The van der Waals surface area contributed by atoms with E-state index in [1.54, 1.807) is 14.2 Å². The van der Waals surface area contributed by atoms with Gasteiger partial charge in [-0.3, -0.25) is 4.57 Å². The van der Waals surface area contributed by atoms with Crippen molar-refractivity contribution < 1.29 is 9.47 Å². The zero-order chi connectivity index (χ0) is 13.0. The predicted molar refractivity (Wildman–Crippen MR) is 66.0 cm³/mol. The molecule has 0 N–H and O–H groups in total. The highest BCUT2D eigenvalue weighted by Crippen LogP contribution is 2.25. The van der Waals surface area contributed by atoms with E-state index in [9.17, 15) is 4.79 Å². The molecule has 0 atom stereocenters. The molecule has 0 aliphatic rings. The molecule has 6 nitrogen and oxygen atoms in total. The minimum Gasteiger partial charge on any atom is -0.493 e. The Morgan fingerprint density at radius 1 is 1.28 bits per heavy atom. The Balaban J connectivity index is 1.96. The highest BCUT2D eigenvalue weighted by molar-refractivity contribution is 5.39. The molecule has 6 heteroatoms. The molecule has 96 valence electrons. The molecule has 2 rings (SSSR count). The molecule has 0 bridgehead atoms. The maximum absolute atomic E-state index is 11.5. The summed E-state index contributed by atoms with van der Waals surface area (Å²) in [5.74, 6) is 1.33. The fourth-order valence-electron chi connectivity index (χ4n) is 1.55. The van der Waals surface area contributed by atoms with Gasteiger partial charge >= 0.3 is 5.69 Å². The zero-order valence-electron chi connectivity index (χ0n) is 10.4. The van der Waals surface area contributed by atoms with Gasteiger partial charge in [-0.2, -0.15) is 5.10 Å². The van der Waals surface area contributed by atoms with Crippen LogP contribution in [-0.2, 0) is 13.6 Å². The fraction of sp³-hybridized carbons (Fsp3) is 0.333. The first-order chi connectivity index (χ1) is 8.72. The van der Waals surface area contributed by atoms with Gasteiger partial charge in [-0.1, -0.05) is 12.1 Å². The zero-order valence-corrected chi connectivity index (χ0v) is 10.4. The van der Waals surface area contributed by atoms with Gasteiger partial charge in [-0.05, 0) is 12.1 Å². The lowest BCUT2D eigenvalue weighted by Crippen LogP contribution is -2.25. The smallest absolute Gasteiger partial charge is 0.345 e. The minimum atomic E-state index is -0.154. The monoisotopic (exact) mass is 249 g/mol. The van der Waals surface area contributed by atoms with E-state index in [2.05, 4.69) is 5.10 Å². The van der Waals surface area contributed by atoms with Crippen molar-refractivity contribution in [3.05, 3.63) is 41.1 Å². The van der Waals surface area contributed by atoms with E-state index in [0.29, 0.717) is 24.7 Å². The van der Waals surface area contributed by atoms with Crippen LogP contribution in [-0.4, -0.2) is 28.1 Å². The van der Waals surface area contributed by atoms with Gasteiger partial charge in [0.05, 0.1) is 13.7 Å². The van der Waals surface area contributed by atoms with E-state index >= 15 is 0 Å². The van der Waals surface area contributed by atoms with Gasteiger partial charge in [0.25, 0.3) is 0 Å². The SMILES string of the molecule is COc1ccccc1OCCn1ncn(C)c1=O. The van der Waals surface area contributed by atoms with E-state index in [1.807, 2.05) is 24.3 Å². The third-order valence-electron chi connectivity index (χ3n) is 2.52. The molecular formula is C12H15N3O3. The molecule has 0 unspecified atom stereocenters. The summed E-state index contributed by atoms with van der Waals surface area (Å²) in [7, 11) is 3.25. The van der Waals surface area contributed by atoms with Crippen LogP contribution < -0.4 is 15.2 Å². The fourth-order valence-corrected chi connectivity index (χ4v) is 1.55. The molecule has 2 aromatic rings. The van der Waals surface area contributed by atoms with Crippen molar-refractivity contribution >= 4 is 0 Å². The van der Waals surface area contributed by atoms with Crippen molar-refractivity contribution in [2.24, 2.45) is 7.05 Å². The summed E-state index contributed by atoms with van der Waals surface area (Å²) >= 11 is 0. The van der Waals surface area contributed by atoms with Crippen LogP contribution in [0.2, 0.25) is 0 Å². The molecule has 0 fully saturated rings. The van der Waals surface area contributed by atoms with Crippen molar-refractivity contribution in [3.63, 3.8) is 0 Å². The Morgan fingerprint density at radius 3 is 2.61 bits per heavy atom. The molecule has 0 aliphatic carbocycles. The summed E-state index contributed by atoms with van der Waals surface area (Å²) in [6.45, 7) is 0.759. The van der Waals surface area contributed by atoms with E-state index < -0.39 is 0 Å². The largest absolute Gasteiger partial charge is 0.493 e. The molecule has 0 saturated heterocycles. The number of nitrogens with zero attached hydrogens (tertiary/aromatic N) is 3.